The van der Waals surface area contributed by atoms with Crippen LogP contribution in [0.1, 0.15) is 41.0 Å². The van der Waals surface area contributed by atoms with E-state index >= 15 is 0 Å². The molecule has 1 aliphatic rings. The number of fused-ring (bicyclic) bond motifs is 1. The van der Waals surface area contributed by atoms with Gasteiger partial charge in [-0.3, -0.25) is 9.59 Å². The minimum atomic E-state index is -0.287. The molecule has 4 nitrogen and oxygen atoms in total. The van der Waals surface area contributed by atoms with Crippen molar-refractivity contribution in [2.45, 2.75) is 20.3 Å². The summed E-state index contributed by atoms with van der Waals surface area (Å²) in [5, 5.41) is 0. The number of carbonyl (C=O) groups is 2. The molecule has 0 aliphatic carbocycles. The number of nitrogens with zero attached hydrogens (tertiary/aromatic N) is 1. The fraction of sp³-hybridized carbons (Fsp3) is 0.263. The van der Waals surface area contributed by atoms with Crippen LogP contribution in [0, 0.1) is 5.92 Å². The number of ether oxygens (including phenoxy) is 1. The highest BCUT2D eigenvalue weighted by Crippen LogP contribution is 2.30. The normalized spacial score (nSPS) is 13.6. The minimum absolute atomic E-state index is 0.287. The second kappa shape index (κ2) is 6.24. The van der Waals surface area contributed by atoms with E-state index in [0.717, 1.165) is 6.42 Å². The van der Waals surface area contributed by atoms with Crippen molar-refractivity contribution in [1.82, 2.24) is 0 Å². The van der Waals surface area contributed by atoms with E-state index in [1.54, 1.807) is 42.5 Å². The maximum absolute atomic E-state index is 12.5. The Labute approximate surface area is 135 Å². The van der Waals surface area contributed by atoms with Crippen LogP contribution in [-0.2, 0) is 0 Å². The van der Waals surface area contributed by atoms with Crippen molar-refractivity contribution in [2.24, 2.45) is 5.92 Å². The van der Waals surface area contributed by atoms with Crippen molar-refractivity contribution in [2.75, 3.05) is 11.5 Å². The van der Waals surface area contributed by atoms with E-state index in [2.05, 4.69) is 13.8 Å². The highest BCUT2D eigenvalue weighted by molar-refractivity contribution is 6.34. The first-order chi connectivity index (χ1) is 11.1. The van der Waals surface area contributed by atoms with Gasteiger partial charge in [-0.05, 0) is 36.6 Å². The fourth-order valence-electron chi connectivity index (χ4n) is 2.55. The molecular formula is C19H19NO3. The van der Waals surface area contributed by atoms with Gasteiger partial charge < -0.3 is 4.74 Å². The Morgan fingerprint density at radius 1 is 0.957 bits per heavy atom. The van der Waals surface area contributed by atoms with E-state index < -0.39 is 0 Å². The van der Waals surface area contributed by atoms with Gasteiger partial charge in [0.25, 0.3) is 11.8 Å². The van der Waals surface area contributed by atoms with Crippen molar-refractivity contribution in [3.8, 4) is 5.75 Å². The van der Waals surface area contributed by atoms with E-state index in [0.29, 0.717) is 35.1 Å². The van der Waals surface area contributed by atoms with E-state index in [1.807, 2.05) is 6.07 Å². The monoisotopic (exact) mass is 309 g/mol. The third-order valence-corrected chi connectivity index (χ3v) is 3.83. The summed E-state index contributed by atoms with van der Waals surface area (Å²) in [7, 11) is 0. The van der Waals surface area contributed by atoms with Crippen LogP contribution in [0.25, 0.3) is 0 Å². The lowest BCUT2D eigenvalue weighted by molar-refractivity contribution is 0.0926. The second-order valence-corrected chi connectivity index (χ2v) is 6.02. The summed E-state index contributed by atoms with van der Waals surface area (Å²) in [6.07, 6.45) is 0.956. The lowest BCUT2D eigenvalue weighted by atomic mass is 10.1. The molecule has 2 aromatic rings. The SMILES string of the molecule is CC(C)CCOc1cccc(N2C(=O)c3ccccc3C2=O)c1. The molecule has 0 fully saturated rings. The average molecular weight is 309 g/mol. The minimum Gasteiger partial charge on any atom is -0.494 e. The molecule has 4 heteroatoms. The molecule has 2 aromatic carbocycles. The molecule has 0 spiro atoms. The van der Waals surface area contributed by atoms with Gasteiger partial charge in [0.05, 0.1) is 23.4 Å². The number of rotatable bonds is 5. The van der Waals surface area contributed by atoms with Gasteiger partial charge in [-0.15, -0.1) is 0 Å². The van der Waals surface area contributed by atoms with Gasteiger partial charge >= 0.3 is 0 Å². The number of hydrogen-bond donors (Lipinski definition) is 0. The highest BCUT2D eigenvalue weighted by Gasteiger charge is 2.36. The van der Waals surface area contributed by atoms with E-state index in [4.69, 9.17) is 4.74 Å². The van der Waals surface area contributed by atoms with Crippen LogP contribution >= 0.6 is 0 Å². The Morgan fingerprint density at radius 3 is 2.22 bits per heavy atom. The molecule has 0 saturated heterocycles. The summed E-state index contributed by atoms with van der Waals surface area (Å²) >= 11 is 0. The Morgan fingerprint density at radius 2 is 1.61 bits per heavy atom. The molecule has 0 bridgehead atoms. The largest absolute Gasteiger partial charge is 0.494 e. The highest BCUT2D eigenvalue weighted by atomic mass is 16.5. The van der Waals surface area contributed by atoms with Gasteiger partial charge in [-0.2, -0.15) is 0 Å². The van der Waals surface area contributed by atoms with Crippen LogP contribution in [0.2, 0.25) is 0 Å². The lowest BCUT2D eigenvalue weighted by Gasteiger charge is -2.15. The third kappa shape index (κ3) is 2.97. The van der Waals surface area contributed by atoms with Crippen LogP contribution in [0.3, 0.4) is 0 Å². The molecule has 0 saturated carbocycles. The van der Waals surface area contributed by atoms with Crippen LogP contribution in [0.4, 0.5) is 5.69 Å². The summed E-state index contributed by atoms with van der Waals surface area (Å²) in [6, 6.07) is 14.0. The zero-order valence-corrected chi connectivity index (χ0v) is 13.3. The summed E-state index contributed by atoms with van der Waals surface area (Å²) in [5.74, 6) is 0.656. The number of hydrogen-bond acceptors (Lipinski definition) is 3. The molecule has 1 aliphatic heterocycles. The van der Waals surface area contributed by atoms with Crippen LogP contribution in [-0.4, -0.2) is 18.4 Å². The van der Waals surface area contributed by atoms with E-state index in [1.165, 1.54) is 4.90 Å². The van der Waals surface area contributed by atoms with Gasteiger partial charge in [-0.1, -0.05) is 32.0 Å². The molecule has 0 radical (unpaired) electrons. The Balaban J connectivity index is 1.83. The molecule has 0 unspecified atom stereocenters. The fourth-order valence-corrected chi connectivity index (χ4v) is 2.55. The molecule has 0 atom stereocenters. The van der Waals surface area contributed by atoms with Crippen molar-refractivity contribution < 1.29 is 14.3 Å². The second-order valence-electron chi connectivity index (χ2n) is 6.02. The smallest absolute Gasteiger partial charge is 0.266 e. The Bertz CT molecular complexity index is 717. The molecule has 2 amide bonds. The van der Waals surface area contributed by atoms with Gasteiger partial charge in [0.15, 0.2) is 0 Å². The quantitative estimate of drug-likeness (QED) is 0.787. The van der Waals surface area contributed by atoms with Crippen molar-refractivity contribution in [3.05, 3.63) is 59.7 Å². The zero-order valence-electron chi connectivity index (χ0n) is 13.3. The van der Waals surface area contributed by atoms with Crippen LogP contribution in [0.15, 0.2) is 48.5 Å². The Kier molecular flexibility index (Phi) is 4.15. The zero-order chi connectivity index (χ0) is 16.4. The van der Waals surface area contributed by atoms with Gasteiger partial charge in [0, 0.05) is 6.07 Å². The van der Waals surface area contributed by atoms with Gasteiger partial charge in [0.2, 0.25) is 0 Å². The van der Waals surface area contributed by atoms with E-state index in [-0.39, 0.29) is 11.8 Å². The predicted molar refractivity (Wildman–Crippen MR) is 89.0 cm³/mol. The summed E-state index contributed by atoms with van der Waals surface area (Å²) in [5.41, 5.74) is 1.44. The summed E-state index contributed by atoms with van der Waals surface area (Å²) in [6.45, 7) is 4.89. The predicted octanol–water partition coefficient (Wildman–Crippen LogP) is 3.91. The summed E-state index contributed by atoms with van der Waals surface area (Å²) in [4.78, 5) is 26.2. The number of anilines is 1. The van der Waals surface area contributed by atoms with Crippen LogP contribution < -0.4 is 9.64 Å². The first-order valence-corrected chi connectivity index (χ1v) is 7.78. The maximum atomic E-state index is 12.5. The number of amides is 2. The molecule has 118 valence electrons. The molecule has 0 N–H and O–H groups in total. The summed E-state index contributed by atoms with van der Waals surface area (Å²) < 4.78 is 5.72. The average Bonchev–Trinajstić information content (AvgIpc) is 2.79. The number of benzene rings is 2. The van der Waals surface area contributed by atoms with Crippen LogP contribution in [0.5, 0.6) is 5.75 Å². The molecule has 23 heavy (non-hydrogen) atoms. The Hall–Kier alpha value is -2.62. The first-order valence-electron chi connectivity index (χ1n) is 7.78. The van der Waals surface area contributed by atoms with Crippen molar-refractivity contribution in [3.63, 3.8) is 0 Å². The first kappa shape index (κ1) is 15.3. The lowest BCUT2D eigenvalue weighted by Crippen LogP contribution is -2.29. The van der Waals surface area contributed by atoms with Crippen molar-refractivity contribution in [1.29, 1.82) is 0 Å². The number of carbonyl (C=O) groups excluding carboxylic acids is 2. The van der Waals surface area contributed by atoms with Gasteiger partial charge in [-0.25, -0.2) is 4.90 Å². The van der Waals surface area contributed by atoms with Gasteiger partial charge in [0.1, 0.15) is 5.75 Å². The standard InChI is InChI=1S/C19H19NO3/c1-13(2)10-11-23-15-7-5-6-14(12-15)20-18(21)16-8-3-4-9-17(16)19(20)22/h3-9,12-13H,10-11H2,1-2H3. The number of imide groups is 1. The third-order valence-electron chi connectivity index (χ3n) is 3.83. The molecule has 1 heterocycles. The van der Waals surface area contributed by atoms with Crippen molar-refractivity contribution >= 4 is 17.5 Å². The molecule has 3 rings (SSSR count). The topological polar surface area (TPSA) is 46.6 Å². The van der Waals surface area contributed by atoms with E-state index in [9.17, 15) is 9.59 Å². The maximum Gasteiger partial charge on any atom is 0.266 e. The molecular weight excluding hydrogens is 290 g/mol. The molecule has 0 aromatic heterocycles.